The third-order valence-electron chi connectivity index (χ3n) is 3.98. The van der Waals surface area contributed by atoms with Gasteiger partial charge in [-0.25, -0.2) is 0 Å². The Kier molecular flexibility index (Phi) is 7.22. The van der Waals surface area contributed by atoms with Crippen LogP contribution in [0, 0.1) is 6.92 Å². The molecule has 25 heavy (non-hydrogen) atoms. The number of esters is 1. The molecule has 2 N–H and O–H groups in total. The van der Waals surface area contributed by atoms with Crippen molar-refractivity contribution in [3.8, 4) is 0 Å². The Morgan fingerprint density at radius 2 is 1.96 bits per heavy atom. The summed E-state index contributed by atoms with van der Waals surface area (Å²) in [4.78, 5) is 16.3. The van der Waals surface area contributed by atoms with E-state index in [1.807, 2.05) is 26.0 Å². The van der Waals surface area contributed by atoms with Crippen molar-refractivity contribution in [2.24, 2.45) is 0 Å². The fourth-order valence-corrected chi connectivity index (χ4v) is 3.34. The van der Waals surface area contributed by atoms with E-state index < -0.39 is 0 Å². The second kappa shape index (κ2) is 9.39. The number of fused-ring (bicyclic) bond motifs is 3. The Morgan fingerprint density at radius 3 is 2.56 bits per heavy atom. The summed E-state index contributed by atoms with van der Waals surface area (Å²) >= 11 is 1.78. The molecule has 5 heteroatoms. The molecule has 0 bridgehead atoms. The van der Waals surface area contributed by atoms with Crippen LogP contribution >= 0.6 is 11.3 Å². The van der Waals surface area contributed by atoms with Gasteiger partial charge in [0, 0.05) is 34.4 Å². The minimum absolute atomic E-state index is 0.194. The predicted molar refractivity (Wildman–Crippen MR) is 105 cm³/mol. The van der Waals surface area contributed by atoms with E-state index in [4.69, 9.17) is 4.74 Å². The van der Waals surface area contributed by atoms with Gasteiger partial charge in [-0.05, 0) is 30.0 Å². The minimum Gasteiger partial charge on any atom is -0.468 e. The van der Waals surface area contributed by atoms with Crippen LogP contribution in [0.15, 0.2) is 41.8 Å². The molecule has 0 spiro atoms. The van der Waals surface area contributed by atoms with Gasteiger partial charge in [0.15, 0.2) is 0 Å². The zero-order valence-corrected chi connectivity index (χ0v) is 16.1. The lowest BCUT2D eigenvalue weighted by Gasteiger charge is -2.21. The van der Waals surface area contributed by atoms with Crippen molar-refractivity contribution in [3.05, 3.63) is 57.9 Å². The first-order valence-electron chi connectivity index (χ1n) is 8.59. The Bertz CT molecular complexity index is 793. The van der Waals surface area contributed by atoms with E-state index in [0.717, 1.165) is 5.52 Å². The molecule has 0 amide bonds. The van der Waals surface area contributed by atoms with Crippen molar-refractivity contribution in [3.63, 3.8) is 0 Å². The van der Waals surface area contributed by atoms with Crippen LogP contribution in [-0.2, 0) is 22.5 Å². The highest BCUT2D eigenvalue weighted by Crippen LogP contribution is 2.26. The maximum absolute atomic E-state index is 11.5. The quantitative estimate of drug-likeness (QED) is 0.633. The summed E-state index contributed by atoms with van der Waals surface area (Å²) in [6.07, 6.45) is 0.687. The number of rotatable bonds is 1. The minimum atomic E-state index is -0.230. The molecule has 1 aromatic carbocycles. The Morgan fingerprint density at radius 1 is 1.20 bits per heavy atom. The van der Waals surface area contributed by atoms with E-state index in [-0.39, 0.29) is 12.0 Å². The molecule has 1 atom stereocenters. The highest BCUT2D eigenvalue weighted by atomic mass is 32.1. The Labute approximate surface area is 153 Å². The molecule has 2 aromatic heterocycles. The number of carbonyl (C=O) groups is 1. The summed E-state index contributed by atoms with van der Waals surface area (Å²) in [5.74, 6) is -0.194. The molecular weight excluding hydrogens is 332 g/mol. The number of hydrogen-bond acceptors (Lipinski definition) is 4. The Balaban J connectivity index is 0.000000237. The van der Waals surface area contributed by atoms with Crippen LogP contribution < -0.4 is 5.32 Å². The molecule has 0 saturated heterocycles. The first kappa shape index (κ1) is 19.2. The van der Waals surface area contributed by atoms with E-state index >= 15 is 0 Å². The van der Waals surface area contributed by atoms with Gasteiger partial charge in [0.2, 0.25) is 0 Å². The zero-order chi connectivity index (χ0) is 18.2. The Hall–Kier alpha value is -2.11. The number of ether oxygens (including phenoxy) is 1. The van der Waals surface area contributed by atoms with Crippen molar-refractivity contribution in [2.45, 2.75) is 39.8 Å². The third kappa shape index (κ3) is 4.71. The van der Waals surface area contributed by atoms with Gasteiger partial charge in [0.05, 0.1) is 7.11 Å². The molecule has 3 heterocycles. The summed E-state index contributed by atoms with van der Waals surface area (Å²) in [5.41, 5.74) is 3.53. The molecule has 0 radical (unpaired) electrons. The van der Waals surface area contributed by atoms with E-state index in [9.17, 15) is 4.79 Å². The number of aromatic amines is 1. The third-order valence-corrected chi connectivity index (χ3v) is 4.79. The summed E-state index contributed by atoms with van der Waals surface area (Å²) in [7, 11) is 1.43. The number of methoxy groups -OCH3 is 1. The molecule has 0 saturated carbocycles. The topological polar surface area (TPSA) is 54.1 Å². The SMILES string of the molecule is CC.COC(=O)C1Cc2c([nH]c3ccccc23)CN1.Cc1cccs1. The number of aromatic nitrogens is 1. The number of thiophene rings is 1. The number of hydrogen-bond donors (Lipinski definition) is 2. The van der Waals surface area contributed by atoms with Crippen LogP contribution in [0.4, 0.5) is 0 Å². The first-order chi connectivity index (χ1) is 12.2. The summed E-state index contributed by atoms with van der Waals surface area (Å²) in [6, 6.07) is 12.1. The van der Waals surface area contributed by atoms with Crippen LogP contribution in [-0.4, -0.2) is 24.1 Å². The van der Waals surface area contributed by atoms with Gasteiger partial charge in [-0.2, -0.15) is 0 Å². The van der Waals surface area contributed by atoms with Gasteiger partial charge in [-0.3, -0.25) is 10.1 Å². The maximum Gasteiger partial charge on any atom is 0.323 e. The fourth-order valence-electron chi connectivity index (χ4n) is 2.81. The van der Waals surface area contributed by atoms with Gasteiger partial charge in [-0.1, -0.05) is 38.1 Å². The number of H-pyrrole nitrogens is 1. The highest BCUT2D eigenvalue weighted by molar-refractivity contribution is 7.09. The van der Waals surface area contributed by atoms with E-state index in [1.54, 1.807) is 11.3 Å². The number of carbonyl (C=O) groups excluding carboxylic acids is 1. The van der Waals surface area contributed by atoms with E-state index in [2.05, 4.69) is 46.9 Å². The molecule has 1 aliphatic heterocycles. The monoisotopic (exact) mass is 358 g/mol. The van der Waals surface area contributed by atoms with Crippen molar-refractivity contribution in [1.82, 2.24) is 10.3 Å². The average molecular weight is 359 g/mol. The van der Waals surface area contributed by atoms with Crippen molar-refractivity contribution < 1.29 is 9.53 Å². The van der Waals surface area contributed by atoms with Crippen molar-refractivity contribution >= 4 is 28.2 Å². The molecule has 0 aliphatic carbocycles. The van der Waals surface area contributed by atoms with Gasteiger partial charge in [0.1, 0.15) is 6.04 Å². The van der Waals surface area contributed by atoms with Gasteiger partial charge in [-0.15, -0.1) is 11.3 Å². The predicted octanol–water partition coefficient (Wildman–Crippen LogP) is 4.44. The largest absolute Gasteiger partial charge is 0.468 e. The molecule has 1 aliphatic rings. The van der Waals surface area contributed by atoms with Crippen LogP contribution in [0.3, 0.4) is 0 Å². The highest BCUT2D eigenvalue weighted by Gasteiger charge is 2.27. The molecule has 1 unspecified atom stereocenters. The van der Waals surface area contributed by atoms with Crippen molar-refractivity contribution in [1.29, 1.82) is 0 Å². The average Bonchev–Trinajstić information content (AvgIpc) is 3.29. The second-order valence-electron chi connectivity index (χ2n) is 5.51. The first-order valence-corrected chi connectivity index (χ1v) is 9.46. The lowest BCUT2D eigenvalue weighted by Crippen LogP contribution is -2.42. The van der Waals surface area contributed by atoms with Gasteiger partial charge in [0.25, 0.3) is 0 Å². The molecule has 0 fully saturated rings. The normalized spacial score (nSPS) is 15.3. The van der Waals surface area contributed by atoms with Crippen LogP contribution in [0.2, 0.25) is 0 Å². The number of aryl methyl sites for hydroxylation is 1. The zero-order valence-electron chi connectivity index (χ0n) is 15.3. The lowest BCUT2D eigenvalue weighted by atomic mass is 9.99. The number of nitrogens with one attached hydrogen (secondary N) is 2. The molecule has 4 rings (SSSR count). The van der Waals surface area contributed by atoms with Crippen LogP contribution in [0.25, 0.3) is 10.9 Å². The maximum atomic E-state index is 11.5. The van der Waals surface area contributed by atoms with Gasteiger partial charge < -0.3 is 9.72 Å². The summed E-state index contributed by atoms with van der Waals surface area (Å²) in [6.45, 7) is 6.79. The van der Waals surface area contributed by atoms with Crippen LogP contribution in [0.1, 0.15) is 30.0 Å². The van der Waals surface area contributed by atoms with Crippen molar-refractivity contribution in [2.75, 3.05) is 7.11 Å². The smallest absolute Gasteiger partial charge is 0.323 e. The standard InChI is InChI=1S/C13H14N2O2.C5H6S.C2H6/c1-17-13(16)11-6-9-8-4-2-3-5-10(8)15-12(9)7-14-11;1-5-3-2-4-6-5;1-2/h2-5,11,14-15H,6-7H2,1H3;2-4H,1H3;1-2H3. The van der Waals surface area contributed by atoms with E-state index in [1.165, 1.54) is 28.6 Å². The summed E-state index contributed by atoms with van der Waals surface area (Å²) < 4.78 is 4.78. The van der Waals surface area contributed by atoms with Gasteiger partial charge >= 0.3 is 5.97 Å². The fraction of sp³-hybridized carbons (Fsp3) is 0.350. The molecule has 134 valence electrons. The molecule has 3 aromatic rings. The molecule has 4 nitrogen and oxygen atoms in total. The summed E-state index contributed by atoms with van der Waals surface area (Å²) in [5, 5.41) is 6.47. The second-order valence-corrected chi connectivity index (χ2v) is 6.66. The lowest BCUT2D eigenvalue weighted by molar-refractivity contribution is -0.143. The number of benzene rings is 1. The number of para-hydroxylation sites is 1. The van der Waals surface area contributed by atoms with Crippen LogP contribution in [0.5, 0.6) is 0 Å². The van der Waals surface area contributed by atoms with E-state index in [0.29, 0.717) is 13.0 Å². The molecular formula is C20H26N2O2S.